The number of thiophene rings is 1. The lowest BCUT2D eigenvalue weighted by Crippen LogP contribution is -2.01. The molecule has 0 radical (unpaired) electrons. The Labute approximate surface area is 110 Å². The summed E-state index contributed by atoms with van der Waals surface area (Å²) < 4.78 is 2.15. The number of hydrogen-bond donors (Lipinski definition) is 1. The summed E-state index contributed by atoms with van der Waals surface area (Å²) in [4.78, 5) is 1.05. The Balaban J connectivity index is 1.69. The fourth-order valence-electron chi connectivity index (χ4n) is 2.16. The normalized spacial score (nSPS) is 12.9. The fourth-order valence-corrected chi connectivity index (χ4v) is 2.91. The van der Waals surface area contributed by atoms with E-state index < -0.39 is 0 Å². The average molecular weight is 257 g/mol. The molecule has 92 valence electrons. The molecule has 1 atom stereocenters. The van der Waals surface area contributed by atoms with Crippen LogP contribution in [0.1, 0.15) is 17.4 Å². The highest BCUT2D eigenvalue weighted by Crippen LogP contribution is 2.23. The standard InChI is InChI=1S/C15H15NOS/c17-14(15-6-3-9-18-15)7-8-16-10-12-4-1-2-5-13(12)11-16/h1-6,9-11,14,17H,7-8H2. The van der Waals surface area contributed by atoms with Gasteiger partial charge in [-0.3, -0.25) is 0 Å². The molecule has 3 heteroatoms. The molecule has 1 N–H and O–H groups in total. The highest BCUT2D eigenvalue weighted by atomic mass is 32.1. The Morgan fingerprint density at radius 1 is 1.06 bits per heavy atom. The van der Waals surface area contributed by atoms with Crippen molar-refractivity contribution in [1.82, 2.24) is 4.57 Å². The van der Waals surface area contributed by atoms with Crippen LogP contribution in [0.4, 0.5) is 0 Å². The average Bonchev–Trinajstić information content (AvgIpc) is 3.04. The van der Waals surface area contributed by atoms with E-state index in [-0.39, 0.29) is 6.10 Å². The molecular weight excluding hydrogens is 242 g/mol. The van der Waals surface area contributed by atoms with Crippen LogP contribution in [0.5, 0.6) is 0 Å². The van der Waals surface area contributed by atoms with E-state index in [1.807, 2.05) is 29.6 Å². The summed E-state index contributed by atoms with van der Waals surface area (Å²) in [7, 11) is 0. The molecule has 0 aliphatic heterocycles. The molecule has 2 heterocycles. The summed E-state index contributed by atoms with van der Waals surface area (Å²) in [6.07, 6.45) is 4.67. The van der Waals surface area contributed by atoms with Gasteiger partial charge in [-0.1, -0.05) is 30.3 Å². The molecule has 3 rings (SSSR count). The summed E-state index contributed by atoms with van der Waals surface area (Å²) in [5.41, 5.74) is 0. The molecule has 2 aromatic heterocycles. The first-order valence-corrected chi connectivity index (χ1v) is 6.97. The van der Waals surface area contributed by atoms with Crippen molar-refractivity contribution in [3.05, 3.63) is 59.0 Å². The van der Waals surface area contributed by atoms with Gasteiger partial charge in [0.25, 0.3) is 0 Å². The smallest absolute Gasteiger partial charge is 0.0898 e. The summed E-state index contributed by atoms with van der Waals surface area (Å²) in [6.45, 7) is 0.841. The molecule has 2 nitrogen and oxygen atoms in total. The maximum Gasteiger partial charge on any atom is 0.0898 e. The summed E-state index contributed by atoms with van der Waals surface area (Å²) >= 11 is 1.61. The van der Waals surface area contributed by atoms with Crippen LogP contribution in [0.25, 0.3) is 10.8 Å². The third-order valence-corrected chi connectivity index (χ3v) is 4.11. The van der Waals surface area contributed by atoms with Crippen molar-refractivity contribution in [3.8, 4) is 0 Å². The third kappa shape index (κ3) is 2.33. The maximum absolute atomic E-state index is 10.0. The number of rotatable bonds is 4. The minimum Gasteiger partial charge on any atom is -0.388 e. The Morgan fingerprint density at radius 2 is 1.78 bits per heavy atom. The van der Waals surface area contributed by atoms with Crippen LogP contribution in [0, 0.1) is 0 Å². The molecule has 0 aliphatic carbocycles. The van der Waals surface area contributed by atoms with Crippen LogP contribution in [-0.2, 0) is 6.54 Å². The van der Waals surface area contributed by atoms with E-state index in [2.05, 4.69) is 29.1 Å². The Morgan fingerprint density at radius 3 is 2.39 bits per heavy atom. The quantitative estimate of drug-likeness (QED) is 0.755. The van der Waals surface area contributed by atoms with Crippen LogP contribution in [0.3, 0.4) is 0 Å². The van der Waals surface area contributed by atoms with Gasteiger partial charge in [-0.05, 0) is 28.6 Å². The van der Waals surface area contributed by atoms with Crippen molar-refractivity contribution in [2.75, 3.05) is 0 Å². The van der Waals surface area contributed by atoms with Gasteiger partial charge in [0.05, 0.1) is 6.10 Å². The van der Waals surface area contributed by atoms with Crippen molar-refractivity contribution >= 4 is 22.1 Å². The monoisotopic (exact) mass is 257 g/mol. The highest BCUT2D eigenvalue weighted by molar-refractivity contribution is 7.10. The second kappa shape index (κ2) is 4.96. The van der Waals surface area contributed by atoms with E-state index in [9.17, 15) is 5.11 Å². The molecule has 18 heavy (non-hydrogen) atoms. The van der Waals surface area contributed by atoms with Gasteiger partial charge in [-0.15, -0.1) is 11.3 Å². The number of fused-ring (bicyclic) bond motifs is 1. The second-order valence-electron chi connectivity index (χ2n) is 4.44. The Kier molecular flexibility index (Phi) is 3.17. The van der Waals surface area contributed by atoms with E-state index in [1.165, 1.54) is 10.8 Å². The first-order chi connectivity index (χ1) is 8.83. The zero-order valence-corrected chi connectivity index (χ0v) is 10.8. The van der Waals surface area contributed by atoms with Crippen molar-refractivity contribution in [3.63, 3.8) is 0 Å². The van der Waals surface area contributed by atoms with Crippen molar-refractivity contribution < 1.29 is 5.11 Å². The van der Waals surface area contributed by atoms with Gasteiger partial charge in [0, 0.05) is 23.8 Å². The van der Waals surface area contributed by atoms with Gasteiger partial charge < -0.3 is 9.67 Å². The number of aryl methyl sites for hydroxylation is 1. The number of hydrogen-bond acceptors (Lipinski definition) is 2. The number of aliphatic hydroxyl groups is 1. The van der Waals surface area contributed by atoms with Gasteiger partial charge in [-0.2, -0.15) is 0 Å². The topological polar surface area (TPSA) is 25.2 Å². The van der Waals surface area contributed by atoms with E-state index in [0.717, 1.165) is 17.8 Å². The van der Waals surface area contributed by atoms with Gasteiger partial charge in [0.15, 0.2) is 0 Å². The molecule has 0 spiro atoms. The molecule has 0 amide bonds. The lowest BCUT2D eigenvalue weighted by Gasteiger charge is -2.08. The molecule has 1 aromatic carbocycles. The fraction of sp³-hybridized carbons (Fsp3) is 0.200. The Bertz CT molecular complexity index is 594. The first kappa shape index (κ1) is 11.5. The number of nitrogens with zero attached hydrogens (tertiary/aromatic N) is 1. The van der Waals surface area contributed by atoms with E-state index in [0.29, 0.717) is 0 Å². The van der Waals surface area contributed by atoms with E-state index in [4.69, 9.17) is 0 Å². The SMILES string of the molecule is OC(CCn1cc2ccccc2c1)c1cccs1. The molecule has 0 aliphatic rings. The van der Waals surface area contributed by atoms with Crippen LogP contribution >= 0.6 is 11.3 Å². The van der Waals surface area contributed by atoms with Gasteiger partial charge in [-0.25, -0.2) is 0 Å². The lowest BCUT2D eigenvalue weighted by molar-refractivity contribution is 0.165. The molecule has 0 saturated carbocycles. The predicted molar refractivity (Wildman–Crippen MR) is 75.8 cm³/mol. The number of aliphatic hydroxyl groups excluding tert-OH is 1. The van der Waals surface area contributed by atoms with Crippen molar-refractivity contribution in [1.29, 1.82) is 0 Å². The molecule has 1 unspecified atom stereocenters. The minimum absolute atomic E-state index is 0.351. The molecular formula is C15H15NOS. The van der Waals surface area contributed by atoms with Gasteiger partial charge in [0.1, 0.15) is 0 Å². The lowest BCUT2D eigenvalue weighted by atomic mass is 10.2. The molecule has 0 saturated heterocycles. The zero-order chi connectivity index (χ0) is 12.4. The zero-order valence-electron chi connectivity index (χ0n) is 9.99. The van der Waals surface area contributed by atoms with E-state index >= 15 is 0 Å². The summed E-state index contributed by atoms with van der Waals surface area (Å²) in [5.74, 6) is 0. The first-order valence-electron chi connectivity index (χ1n) is 6.09. The maximum atomic E-state index is 10.0. The molecule has 3 aromatic rings. The molecule has 0 fully saturated rings. The van der Waals surface area contributed by atoms with Gasteiger partial charge >= 0.3 is 0 Å². The summed E-state index contributed by atoms with van der Waals surface area (Å²) in [5, 5.41) is 14.6. The third-order valence-electron chi connectivity index (χ3n) is 3.14. The van der Waals surface area contributed by atoms with E-state index in [1.54, 1.807) is 11.3 Å². The Hall–Kier alpha value is -1.58. The largest absolute Gasteiger partial charge is 0.388 e. The highest BCUT2D eigenvalue weighted by Gasteiger charge is 2.08. The number of benzene rings is 1. The van der Waals surface area contributed by atoms with Crippen LogP contribution in [0.2, 0.25) is 0 Å². The van der Waals surface area contributed by atoms with Crippen LogP contribution in [-0.4, -0.2) is 9.67 Å². The predicted octanol–water partition coefficient (Wildman–Crippen LogP) is 3.83. The molecule has 0 bridgehead atoms. The number of aromatic nitrogens is 1. The summed E-state index contributed by atoms with van der Waals surface area (Å²) in [6, 6.07) is 12.3. The van der Waals surface area contributed by atoms with Crippen LogP contribution < -0.4 is 0 Å². The van der Waals surface area contributed by atoms with Gasteiger partial charge in [0.2, 0.25) is 0 Å². The van der Waals surface area contributed by atoms with Crippen molar-refractivity contribution in [2.45, 2.75) is 19.1 Å². The second-order valence-corrected chi connectivity index (χ2v) is 5.42. The van der Waals surface area contributed by atoms with Crippen LogP contribution in [0.15, 0.2) is 54.2 Å². The minimum atomic E-state index is -0.351. The van der Waals surface area contributed by atoms with Crippen molar-refractivity contribution in [2.24, 2.45) is 0 Å².